The molecule has 0 saturated heterocycles. The molecule has 0 amide bonds. The minimum atomic E-state index is 0.629. The van der Waals surface area contributed by atoms with Gasteiger partial charge in [-0.3, -0.25) is 0 Å². The summed E-state index contributed by atoms with van der Waals surface area (Å²) in [5.41, 5.74) is 6.10. The Morgan fingerprint density at radius 1 is 1.04 bits per heavy atom. The quantitative estimate of drug-likeness (QED) is 0.770. The Kier molecular flexibility index (Phi) is 3.65. The Bertz CT molecular complexity index is 888. The predicted molar refractivity (Wildman–Crippen MR) is 98.4 cm³/mol. The summed E-state index contributed by atoms with van der Waals surface area (Å²) in [4.78, 5) is 11.3. The molecule has 3 aromatic rings. The normalized spacial score (nSPS) is 13.0. The molecule has 2 aromatic carbocycles. The van der Waals surface area contributed by atoms with Gasteiger partial charge in [-0.15, -0.1) is 0 Å². The summed E-state index contributed by atoms with van der Waals surface area (Å²) >= 11 is 0. The van der Waals surface area contributed by atoms with E-state index in [2.05, 4.69) is 71.5 Å². The molecule has 24 heavy (non-hydrogen) atoms. The van der Waals surface area contributed by atoms with Crippen molar-refractivity contribution in [3.05, 3.63) is 71.4 Å². The number of hydrogen-bond acceptors (Lipinski definition) is 4. The Hall–Kier alpha value is -2.88. The van der Waals surface area contributed by atoms with Crippen LogP contribution in [0.2, 0.25) is 0 Å². The van der Waals surface area contributed by atoms with Gasteiger partial charge < -0.3 is 10.2 Å². The topological polar surface area (TPSA) is 41.1 Å². The van der Waals surface area contributed by atoms with E-state index in [1.54, 1.807) is 0 Å². The van der Waals surface area contributed by atoms with E-state index in [4.69, 9.17) is 4.98 Å². The molecule has 2 heterocycles. The third-order valence-corrected chi connectivity index (χ3v) is 4.43. The molecule has 0 aliphatic carbocycles. The second kappa shape index (κ2) is 5.96. The minimum absolute atomic E-state index is 0.629. The summed E-state index contributed by atoms with van der Waals surface area (Å²) in [7, 11) is 0. The van der Waals surface area contributed by atoms with Gasteiger partial charge in [-0.05, 0) is 49.6 Å². The van der Waals surface area contributed by atoms with E-state index in [1.807, 2.05) is 12.3 Å². The number of para-hydroxylation sites is 1. The Morgan fingerprint density at radius 3 is 2.79 bits per heavy atom. The molecule has 1 aromatic heterocycles. The summed E-state index contributed by atoms with van der Waals surface area (Å²) in [6.07, 6.45) is 2.87. The molecular weight excluding hydrogens is 296 g/mol. The van der Waals surface area contributed by atoms with E-state index in [9.17, 15) is 0 Å². The van der Waals surface area contributed by atoms with Crippen LogP contribution >= 0.6 is 0 Å². The molecule has 4 heteroatoms. The zero-order chi connectivity index (χ0) is 16.5. The van der Waals surface area contributed by atoms with Crippen LogP contribution in [0.25, 0.3) is 0 Å². The van der Waals surface area contributed by atoms with Crippen molar-refractivity contribution in [2.45, 2.75) is 20.3 Å². The molecule has 4 rings (SSSR count). The fraction of sp³-hybridized carbons (Fsp3) is 0.200. The lowest BCUT2D eigenvalue weighted by atomic mass is 10.1. The Labute approximate surface area is 142 Å². The Morgan fingerprint density at radius 2 is 1.92 bits per heavy atom. The molecule has 0 atom stereocenters. The first-order valence-electron chi connectivity index (χ1n) is 8.23. The van der Waals surface area contributed by atoms with E-state index < -0.39 is 0 Å². The van der Waals surface area contributed by atoms with Crippen LogP contribution < -0.4 is 10.2 Å². The van der Waals surface area contributed by atoms with Gasteiger partial charge in [-0.2, -0.15) is 4.98 Å². The predicted octanol–water partition coefficient (Wildman–Crippen LogP) is 4.53. The number of aryl methyl sites for hydroxylation is 2. The number of nitrogens with one attached hydrogen (secondary N) is 1. The highest BCUT2D eigenvalue weighted by Crippen LogP contribution is 2.33. The largest absolute Gasteiger partial charge is 0.326 e. The fourth-order valence-corrected chi connectivity index (χ4v) is 3.21. The summed E-state index contributed by atoms with van der Waals surface area (Å²) in [6.45, 7) is 5.15. The first kappa shape index (κ1) is 14.7. The maximum atomic E-state index is 4.72. The first-order valence-corrected chi connectivity index (χ1v) is 8.23. The molecular formula is C20H20N4. The maximum absolute atomic E-state index is 4.72. The maximum Gasteiger partial charge on any atom is 0.229 e. The van der Waals surface area contributed by atoms with Crippen LogP contribution in [0.3, 0.4) is 0 Å². The smallest absolute Gasteiger partial charge is 0.229 e. The molecule has 1 aliphatic rings. The van der Waals surface area contributed by atoms with Crippen molar-refractivity contribution in [1.82, 2.24) is 9.97 Å². The van der Waals surface area contributed by atoms with Crippen LogP contribution in [0, 0.1) is 13.8 Å². The zero-order valence-electron chi connectivity index (χ0n) is 14.0. The highest BCUT2D eigenvalue weighted by molar-refractivity contribution is 5.68. The van der Waals surface area contributed by atoms with E-state index in [-0.39, 0.29) is 0 Å². The average molecular weight is 316 g/mol. The van der Waals surface area contributed by atoms with Crippen LogP contribution in [-0.2, 0) is 6.42 Å². The van der Waals surface area contributed by atoms with E-state index in [0.29, 0.717) is 5.95 Å². The van der Waals surface area contributed by atoms with Crippen molar-refractivity contribution in [1.29, 1.82) is 0 Å². The van der Waals surface area contributed by atoms with Crippen molar-refractivity contribution in [2.75, 3.05) is 16.8 Å². The summed E-state index contributed by atoms with van der Waals surface area (Å²) in [5, 5.41) is 3.34. The summed E-state index contributed by atoms with van der Waals surface area (Å²) in [5.74, 6) is 1.56. The number of nitrogens with zero attached hydrogens (tertiary/aromatic N) is 3. The van der Waals surface area contributed by atoms with E-state index >= 15 is 0 Å². The fourth-order valence-electron chi connectivity index (χ4n) is 3.21. The van der Waals surface area contributed by atoms with Gasteiger partial charge in [0.1, 0.15) is 5.82 Å². The SMILES string of the molecule is Cc1ccc(Nc2nccc(N3CCc4ccccc43)n2)c(C)c1. The lowest BCUT2D eigenvalue weighted by Gasteiger charge is -2.19. The lowest BCUT2D eigenvalue weighted by molar-refractivity contribution is 0.966. The zero-order valence-corrected chi connectivity index (χ0v) is 14.0. The molecule has 0 spiro atoms. The third-order valence-electron chi connectivity index (χ3n) is 4.43. The van der Waals surface area contributed by atoms with Gasteiger partial charge in [0.2, 0.25) is 5.95 Å². The number of aromatic nitrogens is 2. The second-order valence-corrected chi connectivity index (χ2v) is 6.21. The first-order chi connectivity index (χ1) is 11.7. The van der Waals surface area contributed by atoms with Crippen molar-refractivity contribution in [3.8, 4) is 0 Å². The number of benzene rings is 2. The van der Waals surface area contributed by atoms with Gasteiger partial charge in [0.05, 0.1) is 0 Å². The van der Waals surface area contributed by atoms with Crippen LogP contribution in [0.4, 0.5) is 23.1 Å². The van der Waals surface area contributed by atoms with Gasteiger partial charge >= 0.3 is 0 Å². The van der Waals surface area contributed by atoms with Crippen LogP contribution in [0.5, 0.6) is 0 Å². The van der Waals surface area contributed by atoms with Gasteiger partial charge in [-0.25, -0.2) is 4.98 Å². The summed E-state index contributed by atoms with van der Waals surface area (Å²) in [6, 6.07) is 16.8. The number of fused-ring (bicyclic) bond motifs is 1. The molecule has 0 unspecified atom stereocenters. The Balaban J connectivity index is 1.63. The lowest BCUT2D eigenvalue weighted by Crippen LogP contribution is -2.15. The van der Waals surface area contributed by atoms with Crippen molar-refractivity contribution >= 4 is 23.1 Å². The van der Waals surface area contributed by atoms with Gasteiger partial charge in [0.15, 0.2) is 0 Å². The van der Waals surface area contributed by atoms with Crippen LogP contribution in [-0.4, -0.2) is 16.5 Å². The van der Waals surface area contributed by atoms with Gasteiger partial charge in [-0.1, -0.05) is 35.9 Å². The van der Waals surface area contributed by atoms with E-state index in [1.165, 1.54) is 22.4 Å². The second-order valence-electron chi connectivity index (χ2n) is 6.21. The molecule has 120 valence electrons. The molecule has 4 nitrogen and oxygen atoms in total. The van der Waals surface area contributed by atoms with Crippen molar-refractivity contribution < 1.29 is 0 Å². The molecule has 0 saturated carbocycles. The van der Waals surface area contributed by atoms with Crippen LogP contribution in [0.15, 0.2) is 54.7 Å². The molecule has 0 bridgehead atoms. The highest BCUT2D eigenvalue weighted by Gasteiger charge is 2.21. The highest BCUT2D eigenvalue weighted by atomic mass is 15.2. The van der Waals surface area contributed by atoms with E-state index in [0.717, 1.165) is 24.5 Å². The average Bonchev–Trinajstić information content (AvgIpc) is 3.02. The molecule has 0 radical (unpaired) electrons. The van der Waals surface area contributed by atoms with Crippen LogP contribution in [0.1, 0.15) is 16.7 Å². The number of rotatable bonds is 3. The van der Waals surface area contributed by atoms with Crippen molar-refractivity contribution in [3.63, 3.8) is 0 Å². The molecule has 1 N–H and O–H groups in total. The number of anilines is 4. The minimum Gasteiger partial charge on any atom is -0.326 e. The van der Waals surface area contributed by atoms with Gasteiger partial charge in [0, 0.05) is 24.1 Å². The van der Waals surface area contributed by atoms with Crippen molar-refractivity contribution in [2.24, 2.45) is 0 Å². The standard InChI is InChI=1S/C20H20N4/c1-14-7-8-17(15(2)13-14)22-20-21-11-9-19(23-20)24-12-10-16-5-3-4-6-18(16)24/h3-9,11,13H,10,12H2,1-2H3,(H,21,22,23). The molecule has 1 aliphatic heterocycles. The summed E-state index contributed by atoms with van der Waals surface area (Å²) < 4.78 is 0. The molecule has 0 fully saturated rings. The number of hydrogen-bond donors (Lipinski definition) is 1. The van der Waals surface area contributed by atoms with Gasteiger partial charge in [0.25, 0.3) is 0 Å². The monoisotopic (exact) mass is 316 g/mol. The third kappa shape index (κ3) is 2.71.